The maximum atomic E-state index is 14.0. The minimum Gasteiger partial charge on any atom is -0.385 e. The van der Waals surface area contributed by atoms with Crippen LogP contribution in [0.4, 0.5) is 0 Å². The van der Waals surface area contributed by atoms with Gasteiger partial charge in [-0.3, -0.25) is 9.59 Å². The third kappa shape index (κ3) is 8.31. The normalized spacial score (nSPS) is 13.8. The van der Waals surface area contributed by atoms with Crippen LogP contribution in [0.5, 0.6) is 0 Å². The van der Waals surface area contributed by atoms with Gasteiger partial charge in [0.05, 0.1) is 6.54 Å². The first-order valence-corrected chi connectivity index (χ1v) is 15.3. The van der Waals surface area contributed by atoms with E-state index in [1.54, 1.807) is 12.0 Å². The van der Waals surface area contributed by atoms with Crippen LogP contribution in [0.1, 0.15) is 72.6 Å². The Kier molecular flexibility index (Phi) is 11.4. The number of rotatable bonds is 13. The highest BCUT2D eigenvalue weighted by atomic mass is 79.9. The number of carbonyl (C=O) groups excluding carboxylic acids is 2. The van der Waals surface area contributed by atoms with Crippen molar-refractivity contribution in [3.05, 3.63) is 93.7 Å². The summed E-state index contributed by atoms with van der Waals surface area (Å²) in [5.41, 5.74) is 4.12. The molecule has 7 heteroatoms. The molecule has 1 aliphatic rings. The SMILES string of the molecule is CCc1ccc(C(=O)N(CCCOC)CC(=O)N(Cc2cccn2Cc2ccc(Br)cc2)C2CCCCC2)cc1. The average Bonchev–Trinajstić information content (AvgIpc) is 3.43. The first-order valence-electron chi connectivity index (χ1n) is 14.5. The summed E-state index contributed by atoms with van der Waals surface area (Å²) >= 11 is 3.52. The van der Waals surface area contributed by atoms with Gasteiger partial charge in [-0.15, -0.1) is 0 Å². The van der Waals surface area contributed by atoms with Gasteiger partial charge in [0.15, 0.2) is 0 Å². The van der Waals surface area contributed by atoms with Gasteiger partial charge < -0.3 is 19.1 Å². The second-order valence-electron chi connectivity index (χ2n) is 10.7. The van der Waals surface area contributed by atoms with E-state index in [0.717, 1.165) is 48.8 Å². The molecule has 1 aliphatic carbocycles. The van der Waals surface area contributed by atoms with Crippen LogP contribution < -0.4 is 0 Å². The first kappa shape index (κ1) is 30.1. The van der Waals surface area contributed by atoms with E-state index in [1.165, 1.54) is 17.5 Å². The van der Waals surface area contributed by atoms with Crippen LogP contribution in [0.3, 0.4) is 0 Å². The van der Waals surface area contributed by atoms with Gasteiger partial charge in [-0.2, -0.15) is 0 Å². The van der Waals surface area contributed by atoms with Gasteiger partial charge in [-0.25, -0.2) is 0 Å². The van der Waals surface area contributed by atoms with Crippen molar-refractivity contribution >= 4 is 27.7 Å². The van der Waals surface area contributed by atoms with E-state index < -0.39 is 0 Å². The molecule has 1 saturated carbocycles. The van der Waals surface area contributed by atoms with E-state index in [4.69, 9.17) is 4.74 Å². The summed E-state index contributed by atoms with van der Waals surface area (Å²) in [5, 5.41) is 0. The molecule has 1 fully saturated rings. The smallest absolute Gasteiger partial charge is 0.254 e. The molecular formula is C33H42BrN3O3. The molecule has 0 saturated heterocycles. The molecule has 1 heterocycles. The van der Waals surface area contributed by atoms with Gasteiger partial charge in [0.25, 0.3) is 5.91 Å². The van der Waals surface area contributed by atoms with Gasteiger partial charge in [0.2, 0.25) is 5.91 Å². The third-order valence-electron chi connectivity index (χ3n) is 7.86. The average molecular weight is 609 g/mol. The van der Waals surface area contributed by atoms with Crippen LogP contribution in [0.25, 0.3) is 0 Å². The van der Waals surface area contributed by atoms with Crippen molar-refractivity contribution in [2.75, 3.05) is 26.8 Å². The van der Waals surface area contributed by atoms with E-state index >= 15 is 0 Å². The molecule has 2 amide bonds. The highest BCUT2D eigenvalue weighted by Gasteiger charge is 2.29. The molecule has 0 bridgehead atoms. The van der Waals surface area contributed by atoms with Crippen molar-refractivity contribution in [3.63, 3.8) is 0 Å². The second kappa shape index (κ2) is 15.2. The molecule has 0 unspecified atom stereocenters. The van der Waals surface area contributed by atoms with E-state index in [2.05, 4.69) is 70.0 Å². The van der Waals surface area contributed by atoms with Crippen LogP contribution in [0.15, 0.2) is 71.3 Å². The predicted octanol–water partition coefficient (Wildman–Crippen LogP) is 6.70. The molecule has 0 atom stereocenters. The van der Waals surface area contributed by atoms with Crippen LogP contribution in [0.2, 0.25) is 0 Å². The Bertz CT molecular complexity index is 1220. The van der Waals surface area contributed by atoms with Gasteiger partial charge in [-0.05, 0) is 73.2 Å². The Morgan fingerprint density at radius 2 is 1.68 bits per heavy atom. The number of aromatic nitrogens is 1. The molecule has 0 radical (unpaired) electrons. The maximum absolute atomic E-state index is 14.0. The highest BCUT2D eigenvalue weighted by molar-refractivity contribution is 9.10. The van der Waals surface area contributed by atoms with Gasteiger partial charge in [-0.1, -0.05) is 66.4 Å². The fourth-order valence-corrected chi connectivity index (χ4v) is 5.76. The summed E-state index contributed by atoms with van der Waals surface area (Å²) in [4.78, 5) is 31.4. The largest absolute Gasteiger partial charge is 0.385 e. The molecule has 0 N–H and O–H groups in total. The summed E-state index contributed by atoms with van der Waals surface area (Å²) in [6, 6.07) is 20.5. The monoisotopic (exact) mass is 607 g/mol. The lowest BCUT2D eigenvalue weighted by Gasteiger charge is -2.36. The number of hydrogen-bond acceptors (Lipinski definition) is 3. The molecule has 214 valence electrons. The molecule has 6 nitrogen and oxygen atoms in total. The van der Waals surface area contributed by atoms with Gasteiger partial charge in [0, 0.05) is 54.8 Å². The zero-order chi connectivity index (χ0) is 28.3. The minimum absolute atomic E-state index is 0.0132. The molecule has 40 heavy (non-hydrogen) atoms. The molecule has 2 aromatic carbocycles. The lowest BCUT2D eigenvalue weighted by molar-refractivity contribution is -0.135. The van der Waals surface area contributed by atoms with Gasteiger partial charge >= 0.3 is 0 Å². The van der Waals surface area contributed by atoms with Crippen molar-refractivity contribution in [1.29, 1.82) is 0 Å². The number of aryl methyl sites for hydroxylation is 1. The summed E-state index contributed by atoms with van der Waals surface area (Å²) < 4.78 is 8.54. The van der Waals surface area contributed by atoms with Crippen LogP contribution in [0, 0.1) is 0 Å². The standard InChI is InChI=1S/C33H42BrN3O3/c1-3-26-12-16-28(17-13-26)33(39)36(21-8-22-40-2)25-32(38)37(30-9-5-4-6-10-30)24-31-11-7-20-35(31)23-27-14-18-29(34)19-15-27/h7,11-20,30H,3-6,8-10,21-25H2,1-2H3. The Morgan fingerprint density at radius 3 is 2.35 bits per heavy atom. The van der Waals surface area contributed by atoms with Crippen molar-refractivity contribution in [2.45, 2.75) is 71.0 Å². The topological polar surface area (TPSA) is 54.8 Å². The fourth-order valence-electron chi connectivity index (χ4n) is 5.49. The van der Waals surface area contributed by atoms with Crippen LogP contribution >= 0.6 is 15.9 Å². The van der Waals surface area contributed by atoms with Gasteiger partial charge in [0.1, 0.15) is 6.54 Å². The fraction of sp³-hybridized carbons (Fsp3) is 0.455. The summed E-state index contributed by atoms with van der Waals surface area (Å²) in [5.74, 6) is -0.0893. The molecular weight excluding hydrogens is 566 g/mol. The Hall–Kier alpha value is -2.90. The van der Waals surface area contributed by atoms with E-state index in [-0.39, 0.29) is 24.4 Å². The highest BCUT2D eigenvalue weighted by Crippen LogP contribution is 2.25. The Balaban J connectivity index is 1.53. The number of hydrogen-bond donors (Lipinski definition) is 0. The maximum Gasteiger partial charge on any atom is 0.254 e. The lowest BCUT2D eigenvalue weighted by atomic mass is 9.94. The van der Waals surface area contributed by atoms with E-state index in [9.17, 15) is 9.59 Å². The third-order valence-corrected chi connectivity index (χ3v) is 8.39. The number of halogens is 1. The minimum atomic E-state index is -0.102. The van der Waals surface area contributed by atoms with Crippen LogP contribution in [-0.2, 0) is 29.0 Å². The molecule has 0 aliphatic heterocycles. The first-order chi connectivity index (χ1) is 19.5. The van der Waals surface area contributed by atoms with E-state index in [1.807, 2.05) is 29.2 Å². The van der Waals surface area contributed by atoms with E-state index in [0.29, 0.717) is 31.7 Å². The zero-order valence-electron chi connectivity index (χ0n) is 23.9. The van der Waals surface area contributed by atoms with Crippen molar-refractivity contribution in [3.8, 4) is 0 Å². The number of methoxy groups -OCH3 is 1. The summed E-state index contributed by atoms with van der Waals surface area (Å²) in [7, 11) is 1.66. The molecule has 0 spiro atoms. The molecule has 3 aromatic rings. The number of benzene rings is 2. The van der Waals surface area contributed by atoms with Crippen LogP contribution in [-0.4, -0.2) is 59.0 Å². The Labute approximate surface area is 247 Å². The number of amides is 2. The predicted molar refractivity (Wildman–Crippen MR) is 163 cm³/mol. The molecule has 1 aromatic heterocycles. The van der Waals surface area contributed by atoms with Crippen molar-refractivity contribution in [1.82, 2.24) is 14.4 Å². The van der Waals surface area contributed by atoms with Crippen molar-refractivity contribution in [2.24, 2.45) is 0 Å². The lowest BCUT2D eigenvalue weighted by Crippen LogP contribution is -2.48. The molecule has 4 rings (SSSR count). The number of carbonyl (C=O) groups is 2. The number of nitrogens with zero attached hydrogens (tertiary/aromatic N) is 3. The second-order valence-corrected chi connectivity index (χ2v) is 11.6. The quantitative estimate of drug-likeness (QED) is 0.203. The zero-order valence-corrected chi connectivity index (χ0v) is 25.4. The van der Waals surface area contributed by atoms with Crippen molar-refractivity contribution < 1.29 is 14.3 Å². The summed E-state index contributed by atoms with van der Waals surface area (Å²) in [6.07, 6.45) is 9.19. The summed E-state index contributed by atoms with van der Waals surface area (Å²) in [6.45, 7) is 4.48. The number of ether oxygens (including phenoxy) is 1. The Morgan fingerprint density at radius 1 is 0.975 bits per heavy atom.